The molecule has 5 nitrogen and oxygen atoms in total. The van der Waals surface area contributed by atoms with Crippen LogP contribution < -0.4 is 10.1 Å². The molecule has 0 unspecified atom stereocenters. The Bertz CT molecular complexity index is 1020. The number of carbonyl (C=O) groups is 2. The highest BCUT2D eigenvalue weighted by molar-refractivity contribution is 5.90. The summed E-state index contributed by atoms with van der Waals surface area (Å²) in [5.41, 5.74) is 1.05. The van der Waals surface area contributed by atoms with Crippen LogP contribution in [0, 0.1) is 5.92 Å². The summed E-state index contributed by atoms with van der Waals surface area (Å²) in [6, 6.07) is 23.6. The van der Waals surface area contributed by atoms with Crippen LogP contribution in [0.4, 0.5) is 0 Å². The fourth-order valence-electron chi connectivity index (χ4n) is 4.08. The minimum atomic E-state index is 0.0160. The van der Waals surface area contributed by atoms with E-state index in [1.54, 1.807) is 0 Å². The minimum absolute atomic E-state index is 0.0160. The van der Waals surface area contributed by atoms with Gasteiger partial charge in [-0.15, -0.1) is 0 Å². The zero-order valence-corrected chi connectivity index (χ0v) is 17.6. The molecule has 0 radical (unpaired) electrons. The lowest BCUT2D eigenvalue weighted by Crippen LogP contribution is -2.43. The van der Waals surface area contributed by atoms with Crippen LogP contribution in [-0.4, -0.2) is 43.0 Å². The SMILES string of the molecule is O=C(Cc1cccc2ccccc12)NCC1CCN(C(=O)COc2ccccc2)CC1. The maximum atomic E-state index is 12.5. The van der Waals surface area contributed by atoms with Crippen LogP contribution in [-0.2, 0) is 16.0 Å². The molecule has 1 aliphatic heterocycles. The highest BCUT2D eigenvalue weighted by Crippen LogP contribution is 2.20. The number of likely N-dealkylation sites (tertiary alicyclic amines) is 1. The summed E-state index contributed by atoms with van der Waals surface area (Å²) in [7, 11) is 0. The summed E-state index contributed by atoms with van der Waals surface area (Å²) in [4.78, 5) is 26.7. The third-order valence-electron chi connectivity index (χ3n) is 5.89. The van der Waals surface area contributed by atoms with Crippen LogP contribution in [0.2, 0.25) is 0 Å². The zero-order chi connectivity index (χ0) is 21.5. The Kier molecular flexibility index (Phi) is 6.82. The van der Waals surface area contributed by atoms with Gasteiger partial charge in [-0.1, -0.05) is 60.7 Å². The number of hydrogen-bond donors (Lipinski definition) is 1. The fraction of sp³-hybridized carbons (Fsp3) is 0.308. The largest absolute Gasteiger partial charge is 0.484 e. The molecule has 3 aromatic carbocycles. The summed E-state index contributed by atoms with van der Waals surface area (Å²) < 4.78 is 5.57. The second kappa shape index (κ2) is 10.1. The van der Waals surface area contributed by atoms with E-state index in [1.807, 2.05) is 59.5 Å². The summed E-state index contributed by atoms with van der Waals surface area (Å²) in [6.07, 6.45) is 2.17. The van der Waals surface area contributed by atoms with Crippen molar-refractivity contribution in [2.24, 2.45) is 5.92 Å². The van der Waals surface area contributed by atoms with Crippen molar-refractivity contribution in [3.8, 4) is 5.75 Å². The van der Waals surface area contributed by atoms with E-state index in [0.29, 0.717) is 37.7 Å². The van der Waals surface area contributed by atoms with Crippen molar-refractivity contribution in [3.05, 3.63) is 78.4 Å². The molecular weight excluding hydrogens is 388 g/mol. The van der Waals surface area contributed by atoms with Crippen molar-refractivity contribution < 1.29 is 14.3 Å². The van der Waals surface area contributed by atoms with Gasteiger partial charge in [0.1, 0.15) is 5.75 Å². The second-order valence-electron chi connectivity index (χ2n) is 8.05. The van der Waals surface area contributed by atoms with Crippen LogP contribution >= 0.6 is 0 Å². The molecule has 1 N–H and O–H groups in total. The van der Waals surface area contributed by atoms with Crippen molar-refractivity contribution in [1.29, 1.82) is 0 Å². The molecule has 2 amide bonds. The Balaban J connectivity index is 1.19. The molecule has 4 rings (SSSR count). The van der Waals surface area contributed by atoms with Crippen LogP contribution in [0.1, 0.15) is 18.4 Å². The van der Waals surface area contributed by atoms with Crippen molar-refractivity contribution in [2.45, 2.75) is 19.3 Å². The molecule has 0 spiro atoms. The van der Waals surface area contributed by atoms with Crippen molar-refractivity contribution >= 4 is 22.6 Å². The first-order chi connectivity index (χ1) is 15.2. The Morgan fingerprint density at radius 3 is 2.42 bits per heavy atom. The lowest BCUT2D eigenvalue weighted by Gasteiger charge is -2.32. The maximum absolute atomic E-state index is 12.5. The third-order valence-corrected chi connectivity index (χ3v) is 5.89. The van der Waals surface area contributed by atoms with E-state index >= 15 is 0 Å². The smallest absolute Gasteiger partial charge is 0.260 e. The molecule has 1 saturated heterocycles. The second-order valence-corrected chi connectivity index (χ2v) is 8.05. The molecule has 0 bridgehead atoms. The summed E-state index contributed by atoms with van der Waals surface area (Å²) >= 11 is 0. The van der Waals surface area contributed by atoms with Crippen LogP contribution in [0.3, 0.4) is 0 Å². The molecule has 1 heterocycles. The highest BCUT2D eigenvalue weighted by atomic mass is 16.5. The number of hydrogen-bond acceptors (Lipinski definition) is 3. The van der Waals surface area contributed by atoms with Gasteiger partial charge in [-0.05, 0) is 47.2 Å². The van der Waals surface area contributed by atoms with Crippen LogP contribution in [0.15, 0.2) is 72.8 Å². The third kappa shape index (κ3) is 5.63. The Morgan fingerprint density at radius 1 is 0.903 bits per heavy atom. The molecule has 5 heteroatoms. The molecule has 0 atom stereocenters. The number of fused-ring (bicyclic) bond motifs is 1. The van der Waals surface area contributed by atoms with E-state index in [2.05, 4.69) is 23.5 Å². The highest BCUT2D eigenvalue weighted by Gasteiger charge is 2.23. The number of carbonyl (C=O) groups excluding carboxylic acids is 2. The van der Waals surface area contributed by atoms with E-state index in [9.17, 15) is 9.59 Å². The van der Waals surface area contributed by atoms with E-state index in [4.69, 9.17) is 4.74 Å². The Labute approximate surface area is 183 Å². The number of rotatable bonds is 7. The molecular formula is C26H28N2O3. The van der Waals surface area contributed by atoms with Gasteiger partial charge >= 0.3 is 0 Å². The van der Waals surface area contributed by atoms with E-state index in [1.165, 1.54) is 0 Å². The molecule has 0 saturated carbocycles. The van der Waals surface area contributed by atoms with E-state index in [-0.39, 0.29) is 18.4 Å². The quantitative estimate of drug-likeness (QED) is 0.637. The molecule has 0 aromatic heterocycles. The topological polar surface area (TPSA) is 58.6 Å². The van der Waals surface area contributed by atoms with Gasteiger partial charge in [-0.2, -0.15) is 0 Å². The van der Waals surface area contributed by atoms with Crippen molar-refractivity contribution in [2.75, 3.05) is 26.2 Å². The molecule has 3 aromatic rings. The predicted molar refractivity (Wildman–Crippen MR) is 122 cm³/mol. The van der Waals surface area contributed by atoms with Crippen LogP contribution in [0.5, 0.6) is 5.75 Å². The molecule has 31 heavy (non-hydrogen) atoms. The molecule has 0 aliphatic carbocycles. The first-order valence-corrected chi connectivity index (χ1v) is 10.9. The number of piperidine rings is 1. The Morgan fingerprint density at radius 2 is 1.61 bits per heavy atom. The van der Waals surface area contributed by atoms with Gasteiger partial charge in [0.25, 0.3) is 5.91 Å². The maximum Gasteiger partial charge on any atom is 0.260 e. The number of amides is 2. The first kappa shape index (κ1) is 20.9. The Hall–Kier alpha value is -3.34. The lowest BCUT2D eigenvalue weighted by atomic mass is 9.96. The lowest BCUT2D eigenvalue weighted by molar-refractivity contribution is -0.135. The average molecular weight is 417 g/mol. The predicted octanol–water partition coefficient (Wildman–Crippen LogP) is 3.82. The van der Waals surface area contributed by atoms with E-state index in [0.717, 1.165) is 29.2 Å². The van der Waals surface area contributed by atoms with Gasteiger partial charge in [-0.3, -0.25) is 9.59 Å². The molecule has 160 valence electrons. The summed E-state index contributed by atoms with van der Waals surface area (Å²) in [5.74, 6) is 1.17. The number of para-hydroxylation sites is 1. The minimum Gasteiger partial charge on any atom is -0.484 e. The van der Waals surface area contributed by atoms with Gasteiger partial charge < -0.3 is 15.0 Å². The van der Waals surface area contributed by atoms with Crippen molar-refractivity contribution in [3.63, 3.8) is 0 Å². The summed E-state index contributed by atoms with van der Waals surface area (Å²) in [6.45, 7) is 2.14. The normalized spacial score (nSPS) is 14.4. The average Bonchev–Trinajstić information content (AvgIpc) is 2.82. The van der Waals surface area contributed by atoms with E-state index < -0.39 is 0 Å². The monoisotopic (exact) mass is 416 g/mol. The standard InChI is InChI=1S/C26H28N2O3/c29-25(17-22-9-6-8-21-7-4-5-12-24(21)22)27-18-20-13-15-28(16-14-20)26(30)19-31-23-10-2-1-3-11-23/h1-12,20H,13-19H2,(H,27,29). The fourth-order valence-corrected chi connectivity index (χ4v) is 4.08. The van der Waals surface area contributed by atoms with Crippen molar-refractivity contribution in [1.82, 2.24) is 10.2 Å². The molecule has 1 fully saturated rings. The van der Waals surface area contributed by atoms with Gasteiger partial charge in [0.05, 0.1) is 6.42 Å². The zero-order valence-electron chi connectivity index (χ0n) is 17.6. The van der Waals surface area contributed by atoms with Crippen LogP contribution in [0.25, 0.3) is 10.8 Å². The number of nitrogens with zero attached hydrogens (tertiary/aromatic N) is 1. The van der Waals surface area contributed by atoms with Gasteiger partial charge in [0, 0.05) is 19.6 Å². The number of benzene rings is 3. The van der Waals surface area contributed by atoms with Gasteiger partial charge in [0.15, 0.2) is 6.61 Å². The first-order valence-electron chi connectivity index (χ1n) is 10.9. The summed E-state index contributed by atoms with van der Waals surface area (Å²) in [5, 5.41) is 5.37. The van der Waals surface area contributed by atoms with Gasteiger partial charge in [0.2, 0.25) is 5.91 Å². The number of ether oxygens (including phenoxy) is 1. The molecule has 1 aliphatic rings. The van der Waals surface area contributed by atoms with Gasteiger partial charge in [-0.25, -0.2) is 0 Å². The number of nitrogens with one attached hydrogen (secondary N) is 1.